The fraction of sp³-hybridized carbons (Fsp3) is 0.267. The average molecular weight is 534 g/mol. The zero-order chi connectivity index (χ0) is 27.5. The van der Waals surface area contributed by atoms with Crippen molar-refractivity contribution in [3.63, 3.8) is 0 Å². The highest BCUT2D eigenvalue weighted by molar-refractivity contribution is 7.93. The second-order valence-electron chi connectivity index (χ2n) is 10.1. The summed E-state index contributed by atoms with van der Waals surface area (Å²) in [6.07, 6.45) is -0.579. The Morgan fingerprint density at radius 1 is 0.947 bits per heavy atom. The second kappa shape index (κ2) is 8.91. The quantitative estimate of drug-likeness (QED) is 0.397. The van der Waals surface area contributed by atoms with Gasteiger partial charge in [0.2, 0.25) is 5.67 Å². The van der Waals surface area contributed by atoms with E-state index < -0.39 is 39.4 Å². The lowest BCUT2D eigenvalue weighted by molar-refractivity contribution is -0.154. The van der Waals surface area contributed by atoms with Gasteiger partial charge in [-0.15, -0.1) is 0 Å². The molecule has 3 aromatic rings. The number of nitrogens with zero attached hydrogens (tertiary/aromatic N) is 1. The van der Waals surface area contributed by atoms with Crippen molar-refractivity contribution in [2.75, 3.05) is 10.9 Å². The fourth-order valence-electron chi connectivity index (χ4n) is 5.52. The number of rotatable bonds is 5. The van der Waals surface area contributed by atoms with E-state index in [1.165, 1.54) is 25.1 Å². The first-order valence-corrected chi connectivity index (χ1v) is 13.8. The van der Waals surface area contributed by atoms with Gasteiger partial charge in [-0.1, -0.05) is 65.7 Å². The number of hydrogen-bond donors (Lipinski definition) is 0. The van der Waals surface area contributed by atoms with Gasteiger partial charge in [0, 0.05) is 17.6 Å². The Balaban J connectivity index is 1.83. The molecule has 1 aliphatic carbocycles. The minimum Gasteiger partial charge on any atom is -0.463 e. The summed E-state index contributed by atoms with van der Waals surface area (Å²) in [6.45, 7) is 6.77. The smallest absolute Gasteiger partial charge is 0.348 e. The largest absolute Gasteiger partial charge is 0.463 e. The molecule has 0 unspecified atom stereocenters. The van der Waals surface area contributed by atoms with Crippen LogP contribution in [0, 0.1) is 19.3 Å². The van der Waals surface area contributed by atoms with Crippen molar-refractivity contribution in [1.29, 1.82) is 0 Å². The second-order valence-corrected chi connectivity index (χ2v) is 11.8. The van der Waals surface area contributed by atoms with Gasteiger partial charge in [-0.25, -0.2) is 21.9 Å². The first-order chi connectivity index (χ1) is 17.9. The normalized spacial score (nSPS) is 22.8. The molecule has 0 N–H and O–H groups in total. The number of aryl methyl sites for hydroxylation is 2. The molecule has 0 bridgehead atoms. The van der Waals surface area contributed by atoms with Crippen molar-refractivity contribution < 1.29 is 27.1 Å². The molecule has 1 aliphatic heterocycles. The van der Waals surface area contributed by atoms with E-state index in [9.17, 15) is 18.0 Å². The molecule has 0 saturated heterocycles. The van der Waals surface area contributed by atoms with E-state index in [2.05, 4.69) is 0 Å². The number of benzene rings is 3. The molecule has 0 spiro atoms. The minimum atomic E-state index is -4.35. The third-order valence-corrected chi connectivity index (χ3v) is 9.05. The topological polar surface area (TPSA) is 80.8 Å². The number of ether oxygens (including phenoxy) is 1. The van der Waals surface area contributed by atoms with Gasteiger partial charge in [0.15, 0.2) is 0 Å². The van der Waals surface area contributed by atoms with Gasteiger partial charge >= 0.3 is 5.97 Å². The molecule has 1 amide bonds. The van der Waals surface area contributed by atoms with Crippen LogP contribution in [0.3, 0.4) is 0 Å². The van der Waals surface area contributed by atoms with Gasteiger partial charge in [-0.3, -0.25) is 4.79 Å². The van der Waals surface area contributed by atoms with Crippen LogP contribution in [0.5, 0.6) is 0 Å². The van der Waals surface area contributed by atoms with Crippen molar-refractivity contribution in [3.8, 4) is 0 Å². The van der Waals surface area contributed by atoms with Crippen LogP contribution in [0.25, 0.3) is 11.1 Å². The Hall–Kier alpha value is -3.78. The summed E-state index contributed by atoms with van der Waals surface area (Å²) in [5.74, 6) is -1.92. The molecule has 5 rings (SSSR count). The summed E-state index contributed by atoms with van der Waals surface area (Å²) in [4.78, 5) is 27.4. The van der Waals surface area contributed by atoms with Crippen LogP contribution in [0.15, 0.2) is 77.7 Å². The molecule has 196 valence electrons. The molecule has 1 heterocycles. The molecule has 0 radical (unpaired) electrons. The van der Waals surface area contributed by atoms with Crippen LogP contribution in [0.1, 0.15) is 42.5 Å². The van der Waals surface area contributed by atoms with Gasteiger partial charge in [0.1, 0.15) is 0 Å². The predicted molar refractivity (Wildman–Crippen MR) is 143 cm³/mol. The summed E-state index contributed by atoms with van der Waals surface area (Å²) in [7, 11) is -4.35. The number of carbonyl (C=O) groups excluding carboxylic acids is 2. The van der Waals surface area contributed by atoms with Crippen molar-refractivity contribution in [1.82, 2.24) is 0 Å². The SMILES string of the molecule is CCOC(=O)[C@@]1(F)C[C@]2(C)C(=O)N(S(=O)(=O)c3ccc(C)cc3)c3ccccc3C2=C1c1ccc(C)cc1. The lowest BCUT2D eigenvalue weighted by Gasteiger charge is -2.39. The summed E-state index contributed by atoms with van der Waals surface area (Å²) in [5, 5.41) is 0. The average Bonchev–Trinajstić information content (AvgIpc) is 3.14. The fourth-order valence-corrected chi connectivity index (χ4v) is 7.04. The molecule has 0 saturated carbocycles. The molecule has 2 aliphatic rings. The Bertz CT molecular complexity index is 1590. The first-order valence-electron chi connectivity index (χ1n) is 12.4. The Morgan fingerprint density at radius 3 is 2.13 bits per heavy atom. The monoisotopic (exact) mass is 533 g/mol. The minimum absolute atomic E-state index is 0.0339. The van der Waals surface area contributed by atoms with Gasteiger partial charge in [-0.2, -0.15) is 0 Å². The van der Waals surface area contributed by atoms with Crippen molar-refractivity contribution in [2.24, 2.45) is 5.41 Å². The number of para-hydroxylation sites is 1. The zero-order valence-corrected chi connectivity index (χ0v) is 22.4. The van der Waals surface area contributed by atoms with E-state index in [1.54, 1.807) is 61.5 Å². The Kier molecular flexibility index (Phi) is 6.06. The Labute approximate surface area is 221 Å². The number of fused-ring (bicyclic) bond motifs is 3. The van der Waals surface area contributed by atoms with Crippen molar-refractivity contribution >= 4 is 38.7 Å². The molecule has 8 heteroatoms. The molecule has 6 nitrogen and oxygen atoms in total. The molecule has 38 heavy (non-hydrogen) atoms. The third kappa shape index (κ3) is 3.69. The molecule has 0 aromatic heterocycles. The van der Waals surface area contributed by atoms with Crippen LogP contribution >= 0.6 is 0 Å². The maximum atomic E-state index is 17.1. The Morgan fingerprint density at radius 2 is 1.53 bits per heavy atom. The van der Waals surface area contributed by atoms with Gasteiger partial charge < -0.3 is 4.74 Å². The molecular weight excluding hydrogens is 505 g/mol. The number of carbonyl (C=O) groups is 2. The van der Waals surface area contributed by atoms with E-state index >= 15 is 4.39 Å². The number of anilines is 1. The van der Waals surface area contributed by atoms with E-state index in [-0.39, 0.29) is 22.8 Å². The predicted octanol–water partition coefficient (Wildman–Crippen LogP) is 5.63. The molecular formula is C30H28FNO5S. The number of alkyl halides is 1. The van der Waals surface area contributed by atoms with Gasteiger partial charge in [0.05, 0.1) is 22.6 Å². The highest BCUT2D eigenvalue weighted by Crippen LogP contribution is 2.63. The standard InChI is InChI=1S/C30H28FNO5S/c1-5-37-28(34)30(31)18-29(4)26(25(30)21-14-10-19(2)11-15-21)23-8-6-7-9-24(23)32(27(29)33)38(35,36)22-16-12-20(3)13-17-22/h6-17H,5,18H2,1-4H3/t29-,30+/m0/s1. The third-order valence-electron chi connectivity index (χ3n) is 7.34. The van der Waals surface area contributed by atoms with Crippen molar-refractivity contribution in [2.45, 2.75) is 44.7 Å². The maximum absolute atomic E-state index is 17.1. The molecule has 2 atom stereocenters. The van der Waals surface area contributed by atoms with E-state index in [1.807, 2.05) is 13.8 Å². The van der Waals surface area contributed by atoms with E-state index in [0.717, 1.165) is 15.4 Å². The number of hydrogen-bond acceptors (Lipinski definition) is 5. The van der Waals surface area contributed by atoms with E-state index in [0.29, 0.717) is 16.7 Å². The lowest BCUT2D eigenvalue weighted by atomic mass is 9.75. The number of esters is 1. The number of amides is 1. The zero-order valence-electron chi connectivity index (χ0n) is 21.6. The summed E-state index contributed by atoms with van der Waals surface area (Å²) in [6, 6.07) is 19.7. The maximum Gasteiger partial charge on any atom is 0.348 e. The first kappa shape index (κ1) is 25.9. The number of halogens is 1. The molecule has 0 fully saturated rings. The van der Waals surface area contributed by atoms with Gasteiger partial charge in [-0.05, 0) is 57.0 Å². The number of sulfonamides is 1. The van der Waals surface area contributed by atoms with Crippen LogP contribution in [-0.2, 0) is 24.3 Å². The summed E-state index contributed by atoms with van der Waals surface area (Å²) >= 11 is 0. The summed E-state index contributed by atoms with van der Waals surface area (Å²) < 4.78 is 50.8. The van der Waals surface area contributed by atoms with Crippen LogP contribution in [0.2, 0.25) is 0 Å². The van der Waals surface area contributed by atoms with Crippen LogP contribution < -0.4 is 4.31 Å². The van der Waals surface area contributed by atoms with Crippen LogP contribution in [-0.4, -0.2) is 32.6 Å². The van der Waals surface area contributed by atoms with Crippen LogP contribution in [0.4, 0.5) is 10.1 Å². The van der Waals surface area contributed by atoms with Crippen molar-refractivity contribution in [3.05, 3.63) is 95.1 Å². The van der Waals surface area contributed by atoms with Gasteiger partial charge in [0.25, 0.3) is 15.9 Å². The molecule has 3 aromatic carbocycles. The highest BCUT2D eigenvalue weighted by atomic mass is 32.2. The highest BCUT2D eigenvalue weighted by Gasteiger charge is 2.65. The van der Waals surface area contributed by atoms with E-state index in [4.69, 9.17) is 4.74 Å². The lowest BCUT2D eigenvalue weighted by Crippen LogP contribution is -2.50. The summed E-state index contributed by atoms with van der Waals surface area (Å²) in [5.41, 5.74) is -1.26.